The second-order valence-corrected chi connectivity index (χ2v) is 7.06. The number of nitrogens with one attached hydrogen (secondary N) is 2. The van der Waals surface area contributed by atoms with Crippen LogP contribution in [0.3, 0.4) is 0 Å². The predicted molar refractivity (Wildman–Crippen MR) is 92.7 cm³/mol. The van der Waals surface area contributed by atoms with Gasteiger partial charge in [-0.2, -0.15) is 0 Å². The van der Waals surface area contributed by atoms with Crippen LogP contribution in [0.1, 0.15) is 20.3 Å². The number of rotatable bonds is 7. The molecule has 0 aliphatic carbocycles. The third kappa shape index (κ3) is 5.14. The van der Waals surface area contributed by atoms with Crippen molar-refractivity contribution in [2.24, 2.45) is 5.92 Å². The van der Waals surface area contributed by atoms with Gasteiger partial charge in [-0.15, -0.1) is 5.10 Å². The van der Waals surface area contributed by atoms with Crippen LogP contribution in [0, 0.1) is 5.92 Å². The van der Waals surface area contributed by atoms with Gasteiger partial charge in [0.05, 0.1) is 5.75 Å². The molecule has 0 aliphatic rings. The van der Waals surface area contributed by atoms with Gasteiger partial charge in [-0.1, -0.05) is 59.7 Å². The minimum Gasteiger partial charge on any atom is -0.355 e. The molecule has 0 bridgehead atoms. The Kier molecular flexibility index (Phi) is 6.45. The first-order valence-electron chi connectivity index (χ1n) is 7.13. The van der Waals surface area contributed by atoms with Gasteiger partial charge in [0.1, 0.15) is 0 Å². The van der Waals surface area contributed by atoms with Crippen LogP contribution in [0.4, 0.5) is 0 Å². The van der Waals surface area contributed by atoms with Crippen molar-refractivity contribution in [1.82, 2.24) is 20.5 Å². The fourth-order valence-electron chi connectivity index (χ4n) is 1.77. The number of aromatic amines is 1. The maximum atomic E-state index is 11.7. The van der Waals surface area contributed by atoms with Gasteiger partial charge in [-0.3, -0.25) is 9.89 Å². The molecule has 1 aromatic carbocycles. The second-order valence-electron chi connectivity index (χ2n) is 5.27. The summed E-state index contributed by atoms with van der Waals surface area (Å²) in [5, 5.41) is 10.5. The zero-order valence-corrected chi connectivity index (χ0v) is 15.0. The van der Waals surface area contributed by atoms with Gasteiger partial charge >= 0.3 is 0 Å². The fourth-order valence-corrected chi connectivity index (χ4v) is 2.87. The molecule has 0 fully saturated rings. The van der Waals surface area contributed by atoms with Crippen molar-refractivity contribution >= 4 is 33.6 Å². The molecule has 0 saturated heterocycles. The zero-order chi connectivity index (χ0) is 15.9. The summed E-state index contributed by atoms with van der Waals surface area (Å²) in [7, 11) is 0. The molecular weight excluding hydrogens is 364 g/mol. The average Bonchev–Trinajstić information content (AvgIpc) is 2.94. The minimum absolute atomic E-state index is 0.0119. The maximum Gasteiger partial charge on any atom is 0.230 e. The summed E-state index contributed by atoms with van der Waals surface area (Å²) in [6.45, 7) is 4.99. The van der Waals surface area contributed by atoms with E-state index in [1.54, 1.807) is 0 Å². The summed E-state index contributed by atoms with van der Waals surface area (Å²) < 4.78 is 0.953. The van der Waals surface area contributed by atoms with E-state index < -0.39 is 0 Å². The second kappa shape index (κ2) is 8.33. The molecule has 2 N–H and O–H groups in total. The number of hydrogen-bond donors (Lipinski definition) is 2. The van der Waals surface area contributed by atoms with Crippen LogP contribution in [0.15, 0.2) is 33.9 Å². The zero-order valence-electron chi connectivity index (χ0n) is 12.6. The number of amides is 1. The molecule has 0 saturated carbocycles. The van der Waals surface area contributed by atoms with Crippen LogP contribution in [0.5, 0.6) is 0 Å². The van der Waals surface area contributed by atoms with Gasteiger partial charge in [0.15, 0.2) is 5.82 Å². The molecule has 118 valence electrons. The third-order valence-electron chi connectivity index (χ3n) is 2.97. The number of carbonyl (C=O) groups is 1. The molecule has 2 rings (SSSR count). The molecule has 0 aliphatic heterocycles. The number of thioether (sulfide) groups is 1. The topological polar surface area (TPSA) is 70.7 Å². The van der Waals surface area contributed by atoms with Crippen LogP contribution in [-0.2, 0) is 4.79 Å². The highest BCUT2D eigenvalue weighted by molar-refractivity contribution is 9.10. The van der Waals surface area contributed by atoms with Crippen molar-refractivity contribution in [1.29, 1.82) is 0 Å². The van der Waals surface area contributed by atoms with E-state index in [-0.39, 0.29) is 5.91 Å². The lowest BCUT2D eigenvalue weighted by atomic mass is 10.1. The normalized spacial score (nSPS) is 10.9. The predicted octanol–water partition coefficient (Wildman–Crippen LogP) is 3.49. The third-order valence-corrected chi connectivity index (χ3v) is 4.51. The number of benzene rings is 1. The number of halogens is 1. The van der Waals surface area contributed by atoms with Crippen LogP contribution in [-0.4, -0.2) is 33.4 Å². The lowest BCUT2D eigenvalue weighted by Crippen LogP contribution is -2.26. The quantitative estimate of drug-likeness (QED) is 0.718. The van der Waals surface area contributed by atoms with E-state index in [1.165, 1.54) is 11.8 Å². The van der Waals surface area contributed by atoms with E-state index in [0.29, 0.717) is 29.2 Å². The number of nitrogens with zero attached hydrogens (tertiary/aromatic N) is 2. The Hall–Kier alpha value is -1.34. The van der Waals surface area contributed by atoms with Gasteiger partial charge in [-0.05, 0) is 18.4 Å². The SMILES string of the molecule is CC(C)CCNC(=O)CSc1n[nH]c(-c2ccccc2Br)n1. The molecule has 0 radical (unpaired) electrons. The Bertz CT molecular complexity index is 630. The molecule has 0 atom stereocenters. The van der Waals surface area contributed by atoms with Crippen molar-refractivity contribution < 1.29 is 4.79 Å². The fraction of sp³-hybridized carbons (Fsp3) is 0.400. The Morgan fingerprint density at radius 1 is 1.41 bits per heavy atom. The number of aromatic nitrogens is 3. The largest absolute Gasteiger partial charge is 0.355 e. The number of carbonyl (C=O) groups excluding carboxylic acids is 1. The summed E-state index contributed by atoms with van der Waals surface area (Å²) >= 11 is 4.81. The van der Waals surface area contributed by atoms with Gasteiger partial charge in [0.25, 0.3) is 0 Å². The first-order chi connectivity index (χ1) is 10.6. The molecule has 7 heteroatoms. The van der Waals surface area contributed by atoms with E-state index in [0.717, 1.165) is 16.5 Å². The highest BCUT2D eigenvalue weighted by Crippen LogP contribution is 2.26. The summed E-state index contributed by atoms with van der Waals surface area (Å²) in [5.41, 5.74) is 0.947. The molecule has 0 unspecified atom stereocenters. The Labute approximate surface area is 142 Å². The van der Waals surface area contributed by atoms with Crippen LogP contribution in [0.25, 0.3) is 11.4 Å². The standard InChI is InChI=1S/C15H19BrN4OS/c1-10(2)7-8-17-13(21)9-22-15-18-14(19-20-15)11-5-3-4-6-12(11)16/h3-6,10H,7-9H2,1-2H3,(H,17,21)(H,18,19,20). The lowest BCUT2D eigenvalue weighted by Gasteiger charge is -2.05. The van der Waals surface area contributed by atoms with Crippen LogP contribution in [0.2, 0.25) is 0 Å². The van der Waals surface area contributed by atoms with E-state index >= 15 is 0 Å². The summed E-state index contributed by atoms with van der Waals surface area (Å²) in [6.07, 6.45) is 0.989. The molecule has 5 nitrogen and oxygen atoms in total. The van der Waals surface area contributed by atoms with Gasteiger partial charge in [0.2, 0.25) is 11.1 Å². The van der Waals surface area contributed by atoms with Gasteiger partial charge in [-0.25, -0.2) is 4.98 Å². The van der Waals surface area contributed by atoms with E-state index in [1.807, 2.05) is 24.3 Å². The van der Waals surface area contributed by atoms with E-state index in [9.17, 15) is 4.79 Å². The van der Waals surface area contributed by atoms with Crippen molar-refractivity contribution in [2.75, 3.05) is 12.3 Å². The average molecular weight is 383 g/mol. The van der Waals surface area contributed by atoms with Gasteiger partial charge < -0.3 is 5.32 Å². The summed E-state index contributed by atoms with van der Waals surface area (Å²) in [5.74, 6) is 1.62. The lowest BCUT2D eigenvalue weighted by molar-refractivity contribution is -0.118. The van der Waals surface area contributed by atoms with E-state index in [2.05, 4.69) is 50.3 Å². The Morgan fingerprint density at radius 2 is 2.18 bits per heavy atom. The monoisotopic (exact) mass is 382 g/mol. The van der Waals surface area contributed by atoms with Crippen molar-refractivity contribution in [3.8, 4) is 11.4 Å². The van der Waals surface area contributed by atoms with Gasteiger partial charge in [0, 0.05) is 16.6 Å². The highest BCUT2D eigenvalue weighted by atomic mass is 79.9. The molecular formula is C15H19BrN4OS. The molecule has 22 heavy (non-hydrogen) atoms. The highest BCUT2D eigenvalue weighted by Gasteiger charge is 2.10. The Balaban J connectivity index is 1.85. The van der Waals surface area contributed by atoms with Crippen molar-refractivity contribution in [3.05, 3.63) is 28.7 Å². The Morgan fingerprint density at radius 3 is 2.91 bits per heavy atom. The first kappa shape index (κ1) is 17.0. The maximum absolute atomic E-state index is 11.7. The summed E-state index contributed by atoms with van der Waals surface area (Å²) in [6, 6.07) is 7.79. The minimum atomic E-state index is 0.0119. The molecule has 1 heterocycles. The summed E-state index contributed by atoms with van der Waals surface area (Å²) in [4.78, 5) is 16.1. The van der Waals surface area contributed by atoms with Crippen LogP contribution < -0.4 is 5.32 Å². The van der Waals surface area contributed by atoms with Crippen LogP contribution >= 0.6 is 27.7 Å². The van der Waals surface area contributed by atoms with Crippen molar-refractivity contribution in [2.45, 2.75) is 25.4 Å². The molecule has 1 aromatic heterocycles. The molecule has 0 spiro atoms. The molecule has 2 aromatic rings. The number of hydrogen-bond acceptors (Lipinski definition) is 4. The molecule has 1 amide bonds. The van der Waals surface area contributed by atoms with Crippen molar-refractivity contribution in [3.63, 3.8) is 0 Å². The number of H-pyrrole nitrogens is 1. The van der Waals surface area contributed by atoms with E-state index in [4.69, 9.17) is 0 Å². The smallest absolute Gasteiger partial charge is 0.230 e. The first-order valence-corrected chi connectivity index (χ1v) is 8.91.